The number of rotatable bonds is 7. The molecule has 2 aromatic carbocycles. The van der Waals surface area contributed by atoms with Crippen LogP contribution in [0.4, 0.5) is 5.69 Å². The van der Waals surface area contributed by atoms with Crippen LogP contribution >= 0.6 is 12.2 Å². The monoisotopic (exact) mass is 438 g/mol. The fourth-order valence-electron chi connectivity index (χ4n) is 3.22. The van der Waals surface area contributed by atoms with Gasteiger partial charge in [-0.05, 0) is 73.5 Å². The van der Waals surface area contributed by atoms with Crippen molar-refractivity contribution < 1.29 is 19.1 Å². The second-order valence-corrected chi connectivity index (χ2v) is 7.66. The van der Waals surface area contributed by atoms with Crippen LogP contribution in [0.25, 0.3) is 6.08 Å². The fraction of sp³-hybridized carbons (Fsp3) is 0.292. The lowest BCUT2D eigenvalue weighted by Gasteiger charge is -2.29. The Morgan fingerprint density at radius 2 is 1.65 bits per heavy atom. The van der Waals surface area contributed by atoms with Gasteiger partial charge in [0, 0.05) is 0 Å². The minimum Gasteiger partial charge on any atom is -0.490 e. The number of hydrogen-bond acceptors (Lipinski definition) is 5. The molecule has 31 heavy (non-hydrogen) atoms. The summed E-state index contributed by atoms with van der Waals surface area (Å²) in [6.45, 7) is 8.93. The predicted molar refractivity (Wildman–Crippen MR) is 126 cm³/mol. The molecular weight excluding hydrogens is 412 g/mol. The number of benzene rings is 2. The van der Waals surface area contributed by atoms with Crippen LogP contribution in [0, 0.1) is 0 Å². The molecule has 1 saturated heterocycles. The van der Waals surface area contributed by atoms with Crippen LogP contribution in [0.15, 0.2) is 48.0 Å². The maximum Gasteiger partial charge on any atom is 0.270 e. The first-order chi connectivity index (χ1) is 14.8. The largest absolute Gasteiger partial charge is 0.490 e. The van der Waals surface area contributed by atoms with Gasteiger partial charge in [-0.15, -0.1) is 0 Å². The van der Waals surface area contributed by atoms with Gasteiger partial charge < -0.3 is 9.47 Å². The van der Waals surface area contributed by atoms with E-state index >= 15 is 0 Å². The number of hydrogen-bond donors (Lipinski definition) is 1. The van der Waals surface area contributed by atoms with Gasteiger partial charge in [0.2, 0.25) is 0 Å². The number of thiocarbonyl (C=S) groups is 1. The third kappa shape index (κ3) is 4.94. The van der Waals surface area contributed by atoms with Crippen molar-refractivity contribution in [3.05, 3.63) is 59.2 Å². The number of nitrogens with one attached hydrogen (secondary N) is 1. The lowest BCUT2D eigenvalue weighted by Crippen LogP contribution is -2.54. The molecule has 7 heteroatoms. The molecule has 1 aliphatic rings. The van der Waals surface area contributed by atoms with E-state index in [2.05, 4.69) is 19.2 Å². The van der Waals surface area contributed by atoms with E-state index in [1.807, 2.05) is 38.1 Å². The van der Waals surface area contributed by atoms with E-state index in [0.717, 1.165) is 5.56 Å². The zero-order chi connectivity index (χ0) is 22.5. The molecule has 1 aliphatic heterocycles. The van der Waals surface area contributed by atoms with Crippen LogP contribution in [0.1, 0.15) is 44.7 Å². The van der Waals surface area contributed by atoms with Gasteiger partial charge in [-0.25, -0.2) is 0 Å². The number of carbonyl (C=O) groups excluding carboxylic acids is 2. The van der Waals surface area contributed by atoms with Crippen molar-refractivity contribution in [3.8, 4) is 11.5 Å². The van der Waals surface area contributed by atoms with E-state index < -0.39 is 11.8 Å². The van der Waals surface area contributed by atoms with Crippen LogP contribution in [-0.2, 0) is 9.59 Å². The van der Waals surface area contributed by atoms with Crippen molar-refractivity contribution >= 4 is 40.9 Å². The Balaban J connectivity index is 1.96. The molecule has 0 atom stereocenters. The maximum absolute atomic E-state index is 13.2. The van der Waals surface area contributed by atoms with Gasteiger partial charge in [-0.3, -0.25) is 19.8 Å². The number of nitrogens with zero attached hydrogens (tertiary/aromatic N) is 1. The van der Waals surface area contributed by atoms with Crippen molar-refractivity contribution in [2.24, 2.45) is 0 Å². The standard InChI is InChI=1S/C24H26N2O4S/c1-5-29-20-12-7-16(14-21(20)30-6-2)13-19-22(27)25-24(31)26(23(19)28)18-10-8-17(9-11-18)15(3)4/h7-15H,5-6H2,1-4H3,(H,25,27,31)/b19-13+. The van der Waals surface area contributed by atoms with Crippen LogP contribution in [-0.4, -0.2) is 30.1 Å². The second kappa shape index (κ2) is 9.75. The minimum absolute atomic E-state index is 0.00635. The smallest absolute Gasteiger partial charge is 0.270 e. The van der Waals surface area contributed by atoms with Crippen molar-refractivity contribution in [1.29, 1.82) is 0 Å². The first-order valence-corrected chi connectivity index (χ1v) is 10.7. The summed E-state index contributed by atoms with van der Waals surface area (Å²) in [5.41, 5.74) is 2.39. The average molecular weight is 439 g/mol. The summed E-state index contributed by atoms with van der Waals surface area (Å²) in [5, 5.41) is 2.67. The van der Waals surface area contributed by atoms with Crippen LogP contribution < -0.4 is 19.7 Å². The Morgan fingerprint density at radius 3 is 2.26 bits per heavy atom. The summed E-state index contributed by atoms with van der Waals surface area (Å²) in [6.07, 6.45) is 1.53. The van der Waals surface area contributed by atoms with Gasteiger partial charge in [-0.2, -0.15) is 0 Å². The fourth-order valence-corrected chi connectivity index (χ4v) is 3.51. The third-order valence-corrected chi connectivity index (χ3v) is 5.08. The van der Waals surface area contributed by atoms with E-state index in [0.29, 0.717) is 41.9 Å². The summed E-state index contributed by atoms with van der Waals surface area (Å²) in [5.74, 6) is 0.528. The highest BCUT2D eigenvalue weighted by Crippen LogP contribution is 2.30. The zero-order valence-corrected chi connectivity index (χ0v) is 18.9. The Hall–Kier alpha value is -3.19. The summed E-state index contributed by atoms with van der Waals surface area (Å²) in [7, 11) is 0. The van der Waals surface area contributed by atoms with E-state index in [4.69, 9.17) is 21.7 Å². The van der Waals surface area contributed by atoms with Gasteiger partial charge in [0.05, 0.1) is 18.9 Å². The van der Waals surface area contributed by atoms with E-state index in [9.17, 15) is 9.59 Å². The van der Waals surface area contributed by atoms with Gasteiger partial charge in [0.1, 0.15) is 5.57 Å². The Bertz CT molecular complexity index is 1030. The summed E-state index contributed by atoms with van der Waals surface area (Å²) >= 11 is 5.28. The number of amides is 2. The number of ether oxygens (including phenoxy) is 2. The summed E-state index contributed by atoms with van der Waals surface area (Å²) in [6, 6.07) is 12.9. The Labute approximate surface area is 187 Å². The van der Waals surface area contributed by atoms with Gasteiger partial charge >= 0.3 is 0 Å². The topological polar surface area (TPSA) is 67.9 Å². The van der Waals surface area contributed by atoms with Crippen LogP contribution in [0.5, 0.6) is 11.5 Å². The minimum atomic E-state index is -0.531. The molecule has 0 aliphatic carbocycles. The Morgan fingerprint density at radius 1 is 1.00 bits per heavy atom. The molecule has 0 saturated carbocycles. The molecule has 1 heterocycles. The molecule has 0 spiro atoms. The molecule has 1 fully saturated rings. The SMILES string of the molecule is CCOc1ccc(/C=C2\C(=O)NC(=S)N(c3ccc(C(C)C)cc3)C2=O)cc1OCC. The lowest BCUT2D eigenvalue weighted by molar-refractivity contribution is -0.122. The van der Waals surface area contributed by atoms with Crippen LogP contribution in [0.3, 0.4) is 0 Å². The molecule has 0 unspecified atom stereocenters. The van der Waals surface area contributed by atoms with E-state index in [-0.39, 0.29) is 10.7 Å². The van der Waals surface area contributed by atoms with Crippen molar-refractivity contribution in [3.63, 3.8) is 0 Å². The lowest BCUT2D eigenvalue weighted by atomic mass is 10.0. The normalized spacial score (nSPS) is 15.5. The second-order valence-electron chi connectivity index (χ2n) is 7.28. The molecule has 6 nitrogen and oxygen atoms in total. The van der Waals surface area contributed by atoms with Gasteiger partial charge in [0.15, 0.2) is 16.6 Å². The Kier molecular flexibility index (Phi) is 7.07. The molecule has 162 valence electrons. The van der Waals surface area contributed by atoms with Gasteiger partial charge in [-0.1, -0.05) is 32.0 Å². The summed E-state index contributed by atoms with van der Waals surface area (Å²) in [4.78, 5) is 27.1. The quantitative estimate of drug-likeness (QED) is 0.393. The highest BCUT2D eigenvalue weighted by atomic mass is 32.1. The first kappa shape index (κ1) is 22.5. The zero-order valence-electron chi connectivity index (χ0n) is 18.1. The van der Waals surface area contributed by atoms with Crippen molar-refractivity contribution in [2.75, 3.05) is 18.1 Å². The summed E-state index contributed by atoms with van der Waals surface area (Å²) < 4.78 is 11.2. The van der Waals surface area contributed by atoms with Crippen LogP contribution in [0.2, 0.25) is 0 Å². The number of carbonyl (C=O) groups is 2. The number of anilines is 1. The molecule has 1 N–H and O–H groups in total. The molecular formula is C24H26N2O4S. The maximum atomic E-state index is 13.2. The highest BCUT2D eigenvalue weighted by Gasteiger charge is 2.34. The molecule has 2 aromatic rings. The predicted octanol–water partition coefficient (Wildman–Crippen LogP) is 4.44. The highest BCUT2D eigenvalue weighted by molar-refractivity contribution is 7.80. The van der Waals surface area contributed by atoms with Gasteiger partial charge in [0.25, 0.3) is 11.8 Å². The van der Waals surface area contributed by atoms with Crippen molar-refractivity contribution in [1.82, 2.24) is 5.32 Å². The van der Waals surface area contributed by atoms with Crippen molar-refractivity contribution in [2.45, 2.75) is 33.6 Å². The molecule has 0 radical (unpaired) electrons. The first-order valence-electron chi connectivity index (χ1n) is 10.3. The molecule has 0 bridgehead atoms. The molecule has 2 amide bonds. The molecule has 3 rings (SSSR count). The van der Waals surface area contributed by atoms with E-state index in [1.165, 1.54) is 11.0 Å². The van der Waals surface area contributed by atoms with E-state index in [1.54, 1.807) is 18.2 Å². The molecule has 0 aromatic heterocycles. The third-order valence-electron chi connectivity index (χ3n) is 4.80. The average Bonchev–Trinajstić information content (AvgIpc) is 2.73.